The number of ketones is 1. The minimum absolute atomic E-state index is 0.119. The molecule has 0 fully saturated rings. The van der Waals surface area contributed by atoms with E-state index in [2.05, 4.69) is 12.2 Å². The van der Waals surface area contributed by atoms with Crippen molar-refractivity contribution in [2.45, 2.75) is 39.5 Å². The zero-order valence-corrected chi connectivity index (χ0v) is 12.2. The van der Waals surface area contributed by atoms with Crippen LogP contribution in [-0.2, 0) is 4.79 Å². The second kappa shape index (κ2) is 8.57. The molecule has 1 aromatic rings. The number of anilines is 1. The van der Waals surface area contributed by atoms with Gasteiger partial charge in [0.2, 0.25) is 0 Å². The van der Waals surface area contributed by atoms with Crippen LogP contribution in [0.5, 0.6) is 5.75 Å². The Morgan fingerprint density at radius 2 is 1.95 bits per heavy atom. The number of carbonyl (C=O) groups excluding carboxylic acids is 1. The summed E-state index contributed by atoms with van der Waals surface area (Å²) in [6.07, 6.45) is 4.50. The maximum atomic E-state index is 11.6. The van der Waals surface area contributed by atoms with E-state index in [4.69, 9.17) is 4.74 Å². The molecule has 0 saturated heterocycles. The van der Waals surface area contributed by atoms with Crippen molar-refractivity contribution in [1.82, 2.24) is 0 Å². The fourth-order valence-corrected chi connectivity index (χ4v) is 2.04. The zero-order chi connectivity index (χ0) is 14.1. The fourth-order valence-electron chi connectivity index (χ4n) is 2.04. The van der Waals surface area contributed by atoms with Crippen molar-refractivity contribution in [3.63, 3.8) is 0 Å². The van der Waals surface area contributed by atoms with E-state index in [0.717, 1.165) is 24.3 Å². The zero-order valence-electron chi connectivity index (χ0n) is 12.2. The van der Waals surface area contributed by atoms with Crippen LogP contribution >= 0.6 is 0 Å². The van der Waals surface area contributed by atoms with Crippen LogP contribution in [0.1, 0.15) is 39.5 Å². The van der Waals surface area contributed by atoms with E-state index in [1.807, 2.05) is 24.3 Å². The van der Waals surface area contributed by atoms with Crippen LogP contribution in [0.2, 0.25) is 0 Å². The number of rotatable bonds is 9. The maximum Gasteiger partial charge on any atom is 0.134 e. The summed E-state index contributed by atoms with van der Waals surface area (Å²) in [6.45, 7) is 4.58. The Labute approximate surface area is 116 Å². The second-order valence-corrected chi connectivity index (χ2v) is 4.91. The third kappa shape index (κ3) is 5.77. The number of hydrogen-bond acceptors (Lipinski definition) is 3. The molecule has 0 aliphatic rings. The average molecular weight is 263 g/mol. The summed E-state index contributed by atoms with van der Waals surface area (Å²) in [4.78, 5) is 11.6. The van der Waals surface area contributed by atoms with Crippen molar-refractivity contribution in [2.75, 3.05) is 19.0 Å². The largest absolute Gasteiger partial charge is 0.497 e. The van der Waals surface area contributed by atoms with Gasteiger partial charge in [-0.1, -0.05) is 26.2 Å². The minimum atomic E-state index is 0.119. The third-order valence-electron chi connectivity index (χ3n) is 3.37. The predicted octanol–water partition coefficient (Wildman–Crippen LogP) is 3.89. The highest BCUT2D eigenvalue weighted by atomic mass is 16.5. The third-order valence-corrected chi connectivity index (χ3v) is 3.37. The molecule has 1 aromatic carbocycles. The molecule has 0 saturated carbocycles. The molecule has 0 aliphatic heterocycles. The number of nitrogens with one attached hydrogen (secondary N) is 1. The quantitative estimate of drug-likeness (QED) is 0.687. The molecule has 3 nitrogen and oxygen atoms in total. The van der Waals surface area contributed by atoms with Crippen LogP contribution < -0.4 is 10.1 Å². The minimum Gasteiger partial charge on any atom is -0.497 e. The number of benzene rings is 1. The van der Waals surface area contributed by atoms with E-state index in [-0.39, 0.29) is 11.7 Å². The molecule has 19 heavy (non-hydrogen) atoms. The Bertz CT molecular complexity index is 373. The molecule has 0 spiro atoms. The molecule has 1 rings (SSSR count). The van der Waals surface area contributed by atoms with Crippen molar-refractivity contribution in [3.05, 3.63) is 24.3 Å². The second-order valence-electron chi connectivity index (χ2n) is 4.91. The van der Waals surface area contributed by atoms with Gasteiger partial charge in [-0.3, -0.25) is 4.79 Å². The summed E-state index contributed by atoms with van der Waals surface area (Å²) in [5, 5.41) is 3.33. The number of Topliss-reactive ketones (excluding diaryl/α,β-unsaturated/α-hetero) is 1. The molecule has 1 N–H and O–H groups in total. The van der Waals surface area contributed by atoms with Gasteiger partial charge in [-0.15, -0.1) is 0 Å². The first-order chi connectivity index (χ1) is 9.17. The number of methoxy groups -OCH3 is 1. The molecule has 0 unspecified atom stereocenters. The molecule has 0 radical (unpaired) electrons. The highest BCUT2D eigenvalue weighted by Crippen LogP contribution is 2.17. The van der Waals surface area contributed by atoms with E-state index >= 15 is 0 Å². The SMILES string of the molecule is CCCCC[C@@H](CNc1ccc(OC)cc1)C(C)=O. The van der Waals surface area contributed by atoms with Crippen LogP contribution in [0.15, 0.2) is 24.3 Å². The molecule has 0 heterocycles. The first kappa shape index (κ1) is 15.5. The molecule has 0 amide bonds. The summed E-state index contributed by atoms with van der Waals surface area (Å²) < 4.78 is 5.12. The molecule has 1 atom stereocenters. The smallest absolute Gasteiger partial charge is 0.134 e. The average Bonchev–Trinajstić information content (AvgIpc) is 2.43. The topological polar surface area (TPSA) is 38.3 Å². The Balaban J connectivity index is 2.43. The van der Waals surface area contributed by atoms with Gasteiger partial charge in [-0.25, -0.2) is 0 Å². The molecule has 3 heteroatoms. The summed E-state index contributed by atoms with van der Waals surface area (Å²) in [5.41, 5.74) is 1.03. The monoisotopic (exact) mass is 263 g/mol. The molecule has 106 valence electrons. The number of hydrogen-bond donors (Lipinski definition) is 1. The van der Waals surface area contributed by atoms with E-state index in [0.29, 0.717) is 6.54 Å². The van der Waals surface area contributed by atoms with Gasteiger partial charge in [0.25, 0.3) is 0 Å². The lowest BCUT2D eigenvalue weighted by atomic mass is 9.97. The number of unbranched alkanes of at least 4 members (excludes halogenated alkanes) is 2. The van der Waals surface area contributed by atoms with Gasteiger partial charge < -0.3 is 10.1 Å². The van der Waals surface area contributed by atoms with Crippen LogP contribution in [-0.4, -0.2) is 19.4 Å². The van der Waals surface area contributed by atoms with Crippen LogP contribution in [0.25, 0.3) is 0 Å². The van der Waals surface area contributed by atoms with Crippen LogP contribution in [0.3, 0.4) is 0 Å². The highest BCUT2D eigenvalue weighted by molar-refractivity contribution is 5.78. The molecular weight excluding hydrogens is 238 g/mol. The van der Waals surface area contributed by atoms with E-state index in [1.54, 1.807) is 14.0 Å². The van der Waals surface area contributed by atoms with Crippen molar-refractivity contribution < 1.29 is 9.53 Å². The lowest BCUT2D eigenvalue weighted by Gasteiger charge is -2.15. The number of ether oxygens (including phenoxy) is 1. The lowest BCUT2D eigenvalue weighted by molar-refractivity contribution is -0.120. The van der Waals surface area contributed by atoms with Gasteiger partial charge in [0.1, 0.15) is 11.5 Å². The van der Waals surface area contributed by atoms with E-state index in [1.165, 1.54) is 12.8 Å². The van der Waals surface area contributed by atoms with Gasteiger partial charge in [-0.2, -0.15) is 0 Å². The van der Waals surface area contributed by atoms with Crippen LogP contribution in [0, 0.1) is 5.92 Å². The predicted molar refractivity (Wildman–Crippen MR) is 79.8 cm³/mol. The van der Waals surface area contributed by atoms with Crippen molar-refractivity contribution in [2.24, 2.45) is 5.92 Å². The van der Waals surface area contributed by atoms with Crippen LogP contribution in [0.4, 0.5) is 5.69 Å². The van der Waals surface area contributed by atoms with Gasteiger partial charge in [0.15, 0.2) is 0 Å². The van der Waals surface area contributed by atoms with Gasteiger partial charge in [0, 0.05) is 18.2 Å². The molecule has 0 aromatic heterocycles. The first-order valence-corrected chi connectivity index (χ1v) is 7.05. The summed E-state index contributed by atoms with van der Waals surface area (Å²) in [6, 6.07) is 7.79. The fraction of sp³-hybridized carbons (Fsp3) is 0.562. The first-order valence-electron chi connectivity index (χ1n) is 7.05. The van der Waals surface area contributed by atoms with Crippen molar-refractivity contribution >= 4 is 11.5 Å². The number of carbonyl (C=O) groups is 1. The molecular formula is C16H25NO2. The maximum absolute atomic E-state index is 11.6. The van der Waals surface area contributed by atoms with Crippen molar-refractivity contribution in [1.29, 1.82) is 0 Å². The summed E-state index contributed by atoms with van der Waals surface area (Å²) in [7, 11) is 1.65. The normalized spacial score (nSPS) is 11.9. The Morgan fingerprint density at radius 1 is 1.26 bits per heavy atom. The Kier molecular flexibility index (Phi) is 7.01. The summed E-state index contributed by atoms with van der Waals surface area (Å²) in [5.74, 6) is 1.24. The Morgan fingerprint density at radius 3 is 2.47 bits per heavy atom. The Hall–Kier alpha value is -1.51. The lowest BCUT2D eigenvalue weighted by Crippen LogP contribution is -2.21. The van der Waals surface area contributed by atoms with Gasteiger partial charge in [0.05, 0.1) is 7.11 Å². The standard InChI is InChI=1S/C16H25NO2/c1-4-5-6-7-14(13(2)18)12-17-15-8-10-16(19-3)11-9-15/h8-11,14,17H,4-7,12H2,1-3H3/t14-/m0/s1. The summed E-state index contributed by atoms with van der Waals surface area (Å²) >= 11 is 0. The van der Waals surface area contributed by atoms with E-state index in [9.17, 15) is 4.79 Å². The highest BCUT2D eigenvalue weighted by Gasteiger charge is 2.13. The molecule has 0 bridgehead atoms. The van der Waals surface area contributed by atoms with E-state index < -0.39 is 0 Å². The molecule has 0 aliphatic carbocycles. The van der Waals surface area contributed by atoms with Gasteiger partial charge >= 0.3 is 0 Å². The van der Waals surface area contributed by atoms with Crippen molar-refractivity contribution in [3.8, 4) is 5.75 Å². The van der Waals surface area contributed by atoms with Gasteiger partial charge in [-0.05, 0) is 37.6 Å².